The van der Waals surface area contributed by atoms with E-state index in [0.717, 1.165) is 49.0 Å². The average Bonchev–Trinajstić information content (AvgIpc) is 3.12. The maximum absolute atomic E-state index is 10.8. The number of carbonyl (C=O) groups is 1. The molecule has 9 nitrogen and oxygen atoms in total. The third kappa shape index (κ3) is 5.21. The summed E-state index contributed by atoms with van der Waals surface area (Å²) in [5.41, 5.74) is 6.13. The molecule has 0 spiro atoms. The zero-order valence-electron chi connectivity index (χ0n) is 16.3. The molecule has 3 rings (SSSR count). The molecule has 0 bridgehead atoms. The average molecular weight is 385 g/mol. The van der Waals surface area contributed by atoms with Gasteiger partial charge in [0.1, 0.15) is 11.6 Å². The van der Waals surface area contributed by atoms with Crippen molar-refractivity contribution in [2.45, 2.75) is 45.3 Å². The predicted molar refractivity (Wildman–Crippen MR) is 106 cm³/mol. The summed E-state index contributed by atoms with van der Waals surface area (Å²) >= 11 is 0. The Balaban J connectivity index is 1.52. The lowest BCUT2D eigenvalue weighted by Gasteiger charge is -2.25. The van der Waals surface area contributed by atoms with Gasteiger partial charge in [0.05, 0.1) is 6.54 Å². The SMILES string of the molecule is CCc1nc2n(n1)CC(NC(=NC)NCc1cccc(OCC(N)=O)c1)CC2. The Morgan fingerprint density at radius 2 is 2.32 bits per heavy atom. The van der Waals surface area contributed by atoms with E-state index < -0.39 is 5.91 Å². The summed E-state index contributed by atoms with van der Waals surface area (Å²) in [6.45, 7) is 3.29. The molecule has 2 heterocycles. The third-order valence-electron chi connectivity index (χ3n) is 4.52. The number of aliphatic imine (C=N–C) groups is 1. The Hall–Kier alpha value is -3.10. The molecule has 150 valence electrons. The second kappa shape index (κ2) is 9.20. The maximum atomic E-state index is 10.8. The number of fused-ring (bicyclic) bond motifs is 1. The number of benzene rings is 1. The molecule has 0 aliphatic carbocycles. The van der Waals surface area contributed by atoms with E-state index in [-0.39, 0.29) is 12.6 Å². The van der Waals surface area contributed by atoms with Gasteiger partial charge in [0.15, 0.2) is 18.4 Å². The lowest BCUT2D eigenvalue weighted by Crippen LogP contribution is -2.46. The molecule has 1 atom stereocenters. The van der Waals surface area contributed by atoms with Crippen molar-refractivity contribution in [3.8, 4) is 5.75 Å². The number of nitrogens with two attached hydrogens (primary N) is 1. The number of hydrogen-bond acceptors (Lipinski definition) is 5. The highest BCUT2D eigenvalue weighted by atomic mass is 16.5. The van der Waals surface area contributed by atoms with E-state index in [9.17, 15) is 4.79 Å². The van der Waals surface area contributed by atoms with Crippen LogP contribution in [0.2, 0.25) is 0 Å². The van der Waals surface area contributed by atoms with Gasteiger partial charge in [-0.05, 0) is 24.1 Å². The van der Waals surface area contributed by atoms with Crippen LogP contribution in [0.4, 0.5) is 0 Å². The second-order valence-electron chi connectivity index (χ2n) is 6.69. The minimum Gasteiger partial charge on any atom is -0.484 e. The quantitative estimate of drug-likeness (QED) is 0.468. The van der Waals surface area contributed by atoms with E-state index in [1.54, 1.807) is 13.1 Å². The van der Waals surface area contributed by atoms with Crippen LogP contribution in [-0.4, -0.2) is 46.3 Å². The number of carbonyl (C=O) groups excluding carboxylic acids is 1. The monoisotopic (exact) mass is 385 g/mol. The van der Waals surface area contributed by atoms with Crippen molar-refractivity contribution in [2.75, 3.05) is 13.7 Å². The first-order valence-corrected chi connectivity index (χ1v) is 9.47. The van der Waals surface area contributed by atoms with Gasteiger partial charge in [0, 0.05) is 32.5 Å². The fourth-order valence-corrected chi connectivity index (χ4v) is 3.10. The smallest absolute Gasteiger partial charge is 0.255 e. The molecule has 1 aromatic heterocycles. The first-order chi connectivity index (χ1) is 13.6. The lowest BCUT2D eigenvalue weighted by molar-refractivity contribution is -0.119. The zero-order valence-corrected chi connectivity index (χ0v) is 16.3. The van der Waals surface area contributed by atoms with Crippen LogP contribution in [0.15, 0.2) is 29.3 Å². The Morgan fingerprint density at radius 1 is 1.46 bits per heavy atom. The fraction of sp³-hybridized carbons (Fsp3) is 0.474. The van der Waals surface area contributed by atoms with Gasteiger partial charge in [-0.25, -0.2) is 9.67 Å². The highest BCUT2D eigenvalue weighted by Crippen LogP contribution is 2.14. The molecule has 4 N–H and O–H groups in total. The van der Waals surface area contributed by atoms with Crippen molar-refractivity contribution >= 4 is 11.9 Å². The second-order valence-corrected chi connectivity index (χ2v) is 6.69. The number of nitrogens with zero attached hydrogens (tertiary/aromatic N) is 4. The first-order valence-electron chi connectivity index (χ1n) is 9.47. The molecule has 0 saturated heterocycles. The Bertz CT molecular complexity index is 847. The van der Waals surface area contributed by atoms with Crippen molar-refractivity contribution in [2.24, 2.45) is 10.7 Å². The van der Waals surface area contributed by atoms with Crippen LogP contribution >= 0.6 is 0 Å². The van der Waals surface area contributed by atoms with Crippen LogP contribution < -0.4 is 21.1 Å². The molecule has 1 unspecified atom stereocenters. The van der Waals surface area contributed by atoms with Gasteiger partial charge in [-0.2, -0.15) is 5.10 Å². The van der Waals surface area contributed by atoms with Gasteiger partial charge in [0.2, 0.25) is 0 Å². The molecule has 0 radical (unpaired) electrons. The van der Waals surface area contributed by atoms with Crippen molar-refractivity contribution in [3.63, 3.8) is 0 Å². The van der Waals surface area contributed by atoms with E-state index in [4.69, 9.17) is 10.5 Å². The van der Waals surface area contributed by atoms with Crippen molar-refractivity contribution < 1.29 is 9.53 Å². The normalized spacial score (nSPS) is 16.4. The van der Waals surface area contributed by atoms with Gasteiger partial charge in [-0.3, -0.25) is 9.79 Å². The highest BCUT2D eigenvalue weighted by molar-refractivity contribution is 5.80. The van der Waals surface area contributed by atoms with E-state index in [2.05, 4.69) is 32.6 Å². The van der Waals surface area contributed by atoms with E-state index in [1.165, 1.54) is 0 Å². The summed E-state index contributed by atoms with van der Waals surface area (Å²) < 4.78 is 7.34. The van der Waals surface area contributed by atoms with Gasteiger partial charge < -0.3 is 21.1 Å². The van der Waals surface area contributed by atoms with Crippen LogP contribution in [0.1, 0.15) is 30.6 Å². The number of aromatic nitrogens is 3. The minimum absolute atomic E-state index is 0.133. The van der Waals surface area contributed by atoms with Crippen LogP contribution in [0.5, 0.6) is 5.75 Å². The number of hydrogen-bond donors (Lipinski definition) is 3. The summed E-state index contributed by atoms with van der Waals surface area (Å²) in [6.07, 6.45) is 2.74. The number of guanidine groups is 1. The predicted octanol–water partition coefficient (Wildman–Crippen LogP) is 0.385. The van der Waals surface area contributed by atoms with E-state index in [0.29, 0.717) is 12.3 Å². The highest BCUT2D eigenvalue weighted by Gasteiger charge is 2.22. The summed E-state index contributed by atoms with van der Waals surface area (Å²) in [5, 5.41) is 11.3. The molecule has 0 fully saturated rings. The summed E-state index contributed by atoms with van der Waals surface area (Å²) in [4.78, 5) is 19.7. The maximum Gasteiger partial charge on any atom is 0.255 e. The number of nitrogens with one attached hydrogen (secondary N) is 2. The Labute approximate surface area is 164 Å². The van der Waals surface area contributed by atoms with Gasteiger partial charge in [-0.15, -0.1) is 0 Å². The van der Waals surface area contributed by atoms with Gasteiger partial charge >= 0.3 is 0 Å². The molecule has 0 saturated carbocycles. The molecule has 1 amide bonds. The van der Waals surface area contributed by atoms with Crippen molar-refractivity contribution in [3.05, 3.63) is 41.5 Å². The molecular formula is C19H27N7O2. The minimum atomic E-state index is -0.498. The molecule has 1 aromatic carbocycles. The first kappa shape index (κ1) is 19.7. The summed E-state index contributed by atoms with van der Waals surface area (Å²) in [6, 6.07) is 7.77. The van der Waals surface area contributed by atoms with Gasteiger partial charge in [0.25, 0.3) is 5.91 Å². The number of primary amides is 1. The van der Waals surface area contributed by atoms with Gasteiger partial charge in [-0.1, -0.05) is 19.1 Å². The molecular weight excluding hydrogens is 358 g/mol. The van der Waals surface area contributed by atoms with Crippen molar-refractivity contribution in [1.29, 1.82) is 0 Å². The van der Waals surface area contributed by atoms with E-state index >= 15 is 0 Å². The van der Waals surface area contributed by atoms with Crippen LogP contribution in [-0.2, 0) is 30.7 Å². The third-order valence-corrected chi connectivity index (χ3v) is 4.52. The number of rotatable bonds is 7. The number of ether oxygens (including phenoxy) is 1. The Kier molecular flexibility index (Phi) is 6.46. The van der Waals surface area contributed by atoms with E-state index in [1.807, 2.05) is 22.9 Å². The largest absolute Gasteiger partial charge is 0.484 e. The molecule has 1 aliphatic heterocycles. The van der Waals surface area contributed by atoms with Crippen LogP contribution in [0.25, 0.3) is 0 Å². The number of amides is 1. The zero-order chi connectivity index (χ0) is 19.9. The molecule has 1 aliphatic rings. The molecule has 9 heteroatoms. The topological polar surface area (TPSA) is 119 Å². The standard InChI is InChI=1S/C19H27N7O2/c1-3-17-24-18-8-7-14(11-26(18)25-17)23-19(21-2)22-10-13-5-4-6-15(9-13)28-12-16(20)27/h4-6,9,14H,3,7-8,10-12H2,1-2H3,(H2,20,27)(H2,21,22,23). The summed E-state index contributed by atoms with van der Waals surface area (Å²) in [7, 11) is 1.75. The molecule has 28 heavy (non-hydrogen) atoms. The number of aryl methyl sites for hydroxylation is 2. The Morgan fingerprint density at radius 3 is 3.07 bits per heavy atom. The summed E-state index contributed by atoms with van der Waals surface area (Å²) in [5.74, 6) is 2.80. The lowest BCUT2D eigenvalue weighted by atomic mass is 10.1. The fourth-order valence-electron chi connectivity index (χ4n) is 3.10. The van der Waals surface area contributed by atoms with Crippen LogP contribution in [0.3, 0.4) is 0 Å². The van der Waals surface area contributed by atoms with Crippen LogP contribution in [0, 0.1) is 0 Å². The molecule has 2 aromatic rings. The van der Waals surface area contributed by atoms with Crippen molar-refractivity contribution in [1.82, 2.24) is 25.4 Å².